The molecule has 0 radical (unpaired) electrons. The first-order valence-corrected chi connectivity index (χ1v) is 3.30. The molecule has 1 amide bonds. The van der Waals surface area contributed by atoms with Gasteiger partial charge in [0.15, 0.2) is 0 Å². The van der Waals surface area contributed by atoms with Gasteiger partial charge in [-0.15, -0.1) is 0 Å². The fourth-order valence-corrected chi connectivity index (χ4v) is 0.493. The highest BCUT2D eigenvalue weighted by Crippen LogP contribution is 1.81. The molecule has 0 saturated heterocycles. The molecule has 0 atom stereocenters. The first-order chi connectivity index (χ1) is 4.81. The van der Waals surface area contributed by atoms with E-state index < -0.39 is 0 Å². The average molecular weight is 141 g/mol. The normalized spacial score (nSPS) is 8.10. The fourth-order valence-electron chi connectivity index (χ4n) is 0.493. The number of carbonyl (C=O) groups excluding carboxylic acids is 2. The zero-order valence-electron chi connectivity index (χ0n) is 6.02. The first kappa shape index (κ1) is 8.92. The Morgan fingerprint density at radius 1 is 1.70 bits per heavy atom. The van der Waals surface area contributed by atoms with Crippen molar-refractivity contribution in [2.24, 2.45) is 0 Å². The van der Waals surface area contributed by atoms with Crippen LogP contribution in [0.3, 0.4) is 0 Å². The number of rotatable bonds is 4. The van der Waals surface area contributed by atoms with Crippen molar-refractivity contribution in [1.82, 2.24) is 5.32 Å². The molecule has 1 N–H and O–H groups in total. The third kappa shape index (κ3) is 5.06. The third-order valence-corrected chi connectivity index (χ3v) is 1.02. The molecule has 0 aromatic rings. The first-order valence-electron chi connectivity index (χ1n) is 3.30. The zero-order valence-corrected chi connectivity index (χ0v) is 6.02. The largest absolute Gasteiger partial charge is 0.352 e. The summed E-state index contributed by atoms with van der Waals surface area (Å²) in [5, 5.41) is 2.53. The molecule has 0 heterocycles. The average Bonchev–Trinajstić information content (AvgIpc) is 1.89. The molecule has 3 nitrogen and oxygen atoms in total. The maximum absolute atomic E-state index is 10.5. The number of carbonyl (C=O) groups is 1. The van der Waals surface area contributed by atoms with E-state index in [1.54, 1.807) is 0 Å². The number of hydrogen-bond donors (Lipinski definition) is 1. The highest BCUT2D eigenvalue weighted by Gasteiger charge is 1.91. The summed E-state index contributed by atoms with van der Waals surface area (Å²) < 4.78 is 0. The second-order valence-corrected chi connectivity index (χ2v) is 1.91. The van der Waals surface area contributed by atoms with Gasteiger partial charge in [-0.2, -0.15) is 0 Å². The summed E-state index contributed by atoms with van der Waals surface area (Å²) in [5.41, 5.74) is 0. The molecule has 10 heavy (non-hydrogen) atoms. The summed E-state index contributed by atoms with van der Waals surface area (Å²) >= 11 is 0. The highest BCUT2D eigenvalue weighted by atomic mass is 16.2. The number of hydrogen-bond acceptors (Lipinski definition) is 2. The van der Waals surface area contributed by atoms with Gasteiger partial charge in [0.25, 0.3) is 5.91 Å². The van der Waals surface area contributed by atoms with Crippen LogP contribution in [0.4, 0.5) is 0 Å². The second-order valence-electron chi connectivity index (χ2n) is 1.91. The maximum atomic E-state index is 10.5. The van der Waals surface area contributed by atoms with Gasteiger partial charge in [0, 0.05) is 6.54 Å². The van der Waals surface area contributed by atoms with Crippen LogP contribution < -0.4 is 5.32 Å². The minimum Gasteiger partial charge on any atom is -0.352 e. The Bertz CT molecular complexity index is 148. The second kappa shape index (κ2) is 6.05. The molecular formula is C7H11NO2. The predicted molar refractivity (Wildman–Crippen MR) is 38.2 cm³/mol. The zero-order chi connectivity index (χ0) is 7.82. The van der Waals surface area contributed by atoms with Crippen LogP contribution in [0.15, 0.2) is 6.08 Å². The van der Waals surface area contributed by atoms with E-state index in [9.17, 15) is 9.59 Å². The van der Waals surface area contributed by atoms with Crippen LogP contribution in [0.2, 0.25) is 0 Å². The number of amides is 1. The van der Waals surface area contributed by atoms with Crippen LogP contribution in [0.1, 0.15) is 19.8 Å². The lowest BCUT2D eigenvalue weighted by Gasteiger charge is -1.96. The lowest BCUT2D eigenvalue weighted by molar-refractivity contribution is -0.116. The van der Waals surface area contributed by atoms with Gasteiger partial charge in [0.1, 0.15) is 5.94 Å². The van der Waals surface area contributed by atoms with Crippen LogP contribution >= 0.6 is 0 Å². The SMILES string of the molecule is CCCCNC(=O)C=C=O. The van der Waals surface area contributed by atoms with Crippen molar-refractivity contribution < 1.29 is 9.59 Å². The Balaban J connectivity index is 3.31. The molecule has 56 valence electrons. The molecule has 0 saturated carbocycles. The smallest absolute Gasteiger partial charge is 0.255 e. The Kier molecular flexibility index (Phi) is 5.39. The number of nitrogens with one attached hydrogen (secondary N) is 1. The molecule has 0 unspecified atom stereocenters. The van der Waals surface area contributed by atoms with E-state index in [0.717, 1.165) is 18.9 Å². The summed E-state index contributed by atoms with van der Waals surface area (Å²) in [6.45, 7) is 2.66. The van der Waals surface area contributed by atoms with Crippen LogP contribution in [-0.2, 0) is 9.59 Å². The van der Waals surface area contributed by atoms with Crippen LogP contribution in [-0.4, -0.2) is 18.4 Å². The van der Waals surface area contributed by atoms with Crippen molar-refractivity contribution in [3.05, 3.63) is 6.08 Å². The molecule has 0 bridgehead atoms. The van der Waals surface area contributed by atoms with Gasteiger partial charge < -0.3 is 5.32 Å². The van der Waals surface area contributed by atoms with E-state index >= 15 is 0 Å². The van der Waals surface area contributed by atoms with Gasteiger partial charge in [0.2, 0.25) is 0 Å². The van der Waals surface area contributed by atoms with E-state index in [2.05, 4.69) is 5.32 Å². The van der Waals surface area contributed by atoms with Crippen molar-refractivity contribution in [1.29, 1.82) is 0 Å². The quantitative estimate of drug-likeness (QED) is 0.347. The van der Waals surface area contributed by atoms with Crippen molar-refractivity contribution in [2.75, 3.05) is 6.54 Å². The summed E-state index contributed by atoms with van der Waals surface area (Å²) in [6.07, 6.45) is 2.83. The summed E-state index contributed by atoms with van der Waals surface area (Å²) in [7, 11) is 0. The summed E-state index contributed by atoms with van der Waals surface area (Å²) in [5.74, 6) is 1.05. The molecule has 0 aromatic carbocycles. The standard InChI is InChI=1S/C7H11NO2/c1-2-3-5-8-7(10)4-6-9/h4H,2-3,5H2,1H3,(H,8,10). The van der Waals surface area contributed by atoms with Crippen molar-refractivity contribution in [3.8, 4) is 0 Å². The Morgan fingerprint density at radius 2 is 2.40 bits per heavy atom. The Morgan fingerprint density at radius 3 is 2.90 bits per heavy atom. The van der Waals surface area contributed by atoms with Crippen molar-refractivity contribution >= 4 is 11.8 Å². The van der Waals surface area contributed by atoms with Gasteiger partial charge >= 0.3 is 0 Å². The van der Waals surface area contributed by atoms with Crippen molar-refractivity contribution in [2.45, 2.75) is 19.8 Å². The van der Waals surface area contributed by atoms with E-state index in [0.29, 0.717) is 6.54 Å². The topological polar surface area (TPSA) is 46.2 Å². The van der Waals surface area contributed by atoms with E-state index in [1.807, 2.05) is 6.92 Å². The minimum absolute atomic E-state index is 0.358. The Labute approximate surface area is 60.1 Å². The van der Waals surface area contributed by atoms with E-state index in [1.165, 1.54) is 5.94 Å². The molecule has 0 rings (SSSR count). The van der Waals surface area contributed by atoms with E-state index in [4.69, 9.17) is 0 Å². The van der Waals surface area contributed by atoms with E-state index in [-0.39, 0.29) is 5.91 Å². The lowest BCUT2D eigenvalue weighted by Crippen LogP contribution is -2.21. The third-order valence-electron chi connectivity index (χ3n) is 1.02. The minimum atomic E-state index is -0.358. The van der Waals surface area contributed by atoms with Gasteiger partial charge in [0.05, 0.1) is 6.08 Å². The maximum Gasteiger partial charge on any atom is 0.255 e. The molecular weight excluding hydrogens is 130 g/mol. The van der Waals surface area contributed by atoms with Crippen LogP contribution in [0.25, 0.3) is 0 Å². The molecule has 0 aromatic heterocycles. The molecule has 0 spiro atoms. The lowest BCUT2D eigenvalue weighted by atomic mass is 10.3. The monoisotopic (exact) mass is 141 g/mol. The van der Waals surface area contributed by atoms with Gasteiger partial charge in [-0.25, -0.2) is 4.79 Å². The molecule has 0 aliphatic heterocycles. The Hall–Kier alpha value is -1.08. The van der Waals surface area contributed by atoms with Crippen LogP contribution in [0, 0.1) is 0 Å². The van der Waals surface area contributed by atoms with Gasteiger partial charge in [-0.1, -0.05) is 13.3 Å². The fraction of sp³-hybridized carbons (Fsp3) is 0.571. The molecule has 0 fully saturated rings. The summed E-state index contributed by atoms with van der Waals surface area (Å²) in [4.78, 5) is 20.1. The summed E-state index contributed by atoms with van der Waals surface area (Å²) in [6, 6.07) is 0. The van der Waals surface area contributed by atoms with Gasteiger partial charge in [-0.3, -0.25) is 4.79 Å². The van der Waals surface area contributed by atoms with Gasteiger partial charge in [-0.05, 0) is 6.42 Å². The van der Waals surface area contributed by atoms with Crippen molar-refractivity contribution in [3.63, 3.8) is 0 Å². The molecule has 3 heteroatoms. The highest BCUT2D eigenvalue weighted by molar-refractivity contribution is 5.94. The predicted octanol–water partition coefficient (Wildman–Crippen LogP) is 0.291. The molecule has 0 aliphatic rings. The number of unbranched alkanes of at least 4 members (excludes halogenated alkanes) is 1. The molecule has 0 aliphatic carbocycles. The van der Waals surface area contributed by atoms with Crippen LogP contribution in [0.5, 0.6) is 0 Å².